The van der Waals surface area contributed by atoms with Gasteiger partial charge in [0.15, 0.2) is 12.2 Å². The summed E-state index contributed by atoms with van der Waals surface area (Å²) >= 11 is 0. The standard InChI is InChI=1S/C73H142O17P2/c1-6-10-13-16-19-22-24-26-28-29-30-32-34-37-43-48-53-58-72(77)89-68(63-84-71(76)57-52-47-42-36-33-31-27-25-23-20-17-14-11-7-2)64-87-91(79,80)85-60-67(74)61-86-92(81,82)88-65-69(62-83-70(75)56-51-46-41-35-21-18-15-12-8-3)90-73(78)59-54-49-44-39-38-40-45-50-55-66(5)9-4/h66-69,74H,6-65H2,1-5H3,(H,79,80)(H,81,82)/t66?,67-,68-,69-/m1/s1. The van der Waals surface area contributed by atoms with Gasteiger partial charge in [0.2, 0.25) is 0 Å². The molecule has 0 spiro atoms. The van der Waals surface area contributed by atoms with E-state index >= 15 is 0 Å². The highest BCUT2D eigenvalue weighted by Gasteiger charge is 2.30. The molecule has 0 aromatic carbocycles. The van der Waals surface area contributed by atoms with Gasteiger partial charge in [-0.1, -0.05) is 330 Å². The summed E-state index contributed by atoms with van der Waals surface area (Å²) < 4.78 is 68.4. The Morgan fingerprint density at radius 2 is 0.522 bits per heavy atom. The van der Waals surface area contributed by atoms with Crippen LogP contribution < -0.4 is 0 Å². The number of carbonyl (C=O) groups is 4. The van der Waals surface area contributed by atoms with Crippen molar-refractivity contribution in [3.63, 3.8) is 0 Å². The molecule has 6 atom stereocenters. The Bertz CT molecular complexity index is 1770. The molecule has 0 rings (SSSR count). The molecule has 0 fully saturated rings. The molecule has 19 heteroatoms. The van der Waals surface area contributed by atoms with Crippen LogP contribution in [0.15, 0.2) is 0 Å². The average molecular weight is 1350 g/mol. The Kier molecular flexibility index (Phi) is 64.9. The summed E-state index contributed by atoms with van der Waals surface area (Å²) in [6.45, 7) is 7.26. The third kappa shape index (κ3) is 65.4. The molecule has 0 aromatic heterocycles. The Morgan fingerprint density at radius 3 is 0.772 bits per heavy atom. The minimum Gasteiger partial charge on any atom is -0.462 e. The van der Waals surface area contributed by atoms with Crippen molar-refractivity contribution in [1.29, 1.82) is 0 Å². The number of rotatable bonds is 73. The minimum atomic E-state index is -4.95. The third-order valence-electron chi connectivity index (χ3n) is 17.4. The van der Waals surface area contributed by atoms with Crippen LogP contribution >= 0.6 is 15.6 Å². The van der Waals surface area contributed by atoms with Gasteiger partial charge in [-0.2, -0.15) is 0 Å². The first kappa shape index (κ1) is 90.1. The zero-order valence-corrected chi connectivity index (χ0v) is 61.5. The second kappa shape index (κ2) is 66.3. The second-order valence-corrected chi connectivity index (χ2v) is 29.5. The van der Waals surface area contributed by atoms with Crippen LogP contribution in [0.3, 0.4) is 0 Å². The smallest absolute Gasteiger partial charge is 0.462 e. The number of ether oxygens (including phenoxy) is 4. The molecule has 0 aliphatic rings. The molecule has 92 heavy (non-hydrogen) atoms. The number of carbonyl (C=O) groups excluding carboxylic acids is 4. The predicted octanol–water partition coefficient (Wildman–Crippen LogP) is 21.3. The maximum Gasteiger partial charge on any atom is 0.472 e. The Labute approximate surface area is 562 Å². The number of phosphoric acid groups is 2. The van der Waals surface area contributed by atoms with E-state index in [-0.39, 0.29) is 25.7 Å². The van der Waals surface area contributed by atoms with Crippen molar-refractivity contribution < 1.29 is 80.2 Å². The van der Waals surface area contributed by atoms with Crippen LogP contribution in [0.1, 0.15) is 381 Å². The fraction of sp³-hybridized carbons (Fsp3) is 0.945. The molecule has 3 unspecified atom stereocenters. The van der Waals surface area contributed by atoms with Crippen LogP contribution in [0.5, 0.6) is 0 Å². The van der Waals surface area contributed by atoms with Crippen molar-refractivity contribution in [3.8, 4) is 0 Å². The molecule has 0 bridgehead atoms. The molecule has 0 aromatic rings. The van der Waals surface area contributed by atoms with Crippen LogP contribution in [-0.2, 0) is 65.4 Å². The minimum absolute atomic E-state index is 0.105. The lowest BCUT2D eigenvalue weighted by Crippen LogP contribution is -2.30. The fourth-order valence-electron chi connectivity index (χ4n) is 11.1. The van der Waals surface area contributed by atoms with E-state index in [0.717, 1.165) is 95.8 Å². The summed E-state index contributed by atoms with van der Waals surface area (Å²) in [5.74, 6) is -1.35. The molecule has 0 heterocycles. The number of hydrogen-bond donors (Lipinski definition) is 3. The van der Waals surface area contributed by atoms with Crippen molar-refractivity contribution in [2.45, 2.75) is 400 Å². The van der Waals surface area contributed by atoms with Gasteiger partial charge >= 0.3 is 39.5 Å². The highest BCUT2D eigenvalue weighted by molar-refractivity contribution is 7.47. The first-order valence-corrected chi connectivity index (χ1v) is 41.2. The highest BCUT2D eigenvalue weighted by Crippen LogP contribution is 2.45. The Balaban J connectivity index is 5.23. The summed E-state index contributed by atoms with van der Waals surface area (Å²) in [6, 6.07) is 0. The van der Waals surface area contributed by atoms with E-state index in [2.05, 4.69) is 34.6 Å². The van der Waals surface area contributed by atoms with Crippen LogP contribution in [-0.4, -0.2) is 96.7 Å². The Hall–Kier alpha value is -1.94. The summed E-state index contributed by atoms with van der Waals surface area (Å²) in [7, 11) is -9.90. The molecule has 0 aliphatic carbocycles. The topological polar surface area (TPSA) is 237 Å². The number of unbranched alkanes of at least 4 members (excludes halogenated alkanes) is 44. The van der Waals surface area contributed by atoms with E-state index in [0.29, 0.717) is 25.7 Å². The van der Waals surface area contributed by atoms with Gasteiger partial charge in [-0.3, -0.25) is 37.3 Å². The maximum atomic E-state index is 13.1. The van der Waals surface area contributed by atoms with E-state index in [1.54, 1.807) is 0 Å². The maximum absolute atomic E-state index is 13.1. The molecule has 3 N–H and O–H groups in total. The highest BCUT2D eigenvalue weighted by atomic mass is 31.2. The fourth-order valence-corrected chi connectivity index (χ4v) is 12.7. The lowest BCUT2D eigenvalue weighted by atomic mass is 9.99. The van der Waals surface area contributed by atoms with E-state index in [1.165, 1.54) is 205 Å². The summed E-state index contributed by atoms with van der Waals surface area (Å²) in [6.07, 6.45) is 54.0. The monoisotopic (exact) mass is 1350 g/mol. The van der Waals surface area contributed by atoms with Crippen molar-refractivity contribution in [2.24, 2.45) is 5.92 Å². The zero-order valence-electron chi connectivity index (χ0n) is 59.7. The first-order chi connectivity index (χ1) is 44.6. The molecule has 0 aliphatic heterocycles. The number of aliphatic hydroxyl groups is 1. The number of hydrogen-bond acceptors (Lipinski definition) is 15. The lowest BCUT2D eigenvalue weighted by Gasteiger charge is -2.21. The predicted molar refractivity (Wildman–Crippen MR) is 372 cm³/mol. The van der Waals surface area contributed by atoms with Crippen molar-refractivity contribution in [3.05, 3.63) is 0 Å². The lowest BCUT2D eigenvalue weighted by molar-refractivity contribution is -0.161. The van der Waals surface area contributed by atoms with Crippen molar-refractivity contribution in [2.75, 3.05) is 39.6 Å². The molecule has 0 amide bonds. The molecule has 0 saturated heterocycles. The van der Waals surface area contributed by atoms with Crippen molar-refractivity contribution >= 4 is 39.5 Å². The van der Waals surface area contributed by atoms with Crippen molar-refractivity contribution in [1.82, 2.24) is 0 Å². The van der Waals surface area contributed by atoms with Crippen LogP contribution in [0, 0.1) is 5.92 Å². The van der Waals surface area contributed by atoms with Gasteiger partial charge in [-0.25, -0.2) is 9.13 Å². The second-order valence-electron chi connectivity index (χ2n) is 26.6. The summed E-state index contributed by atoms with van der Waals surface area (Å²) in [5.41, 5.74) is 0. The van der Waals surface area contributed by atoms with Gasteiger partial charge in [-0.05, 0) is 31.6 Å². The Morgan fingerprint density at radius 1 is 0.304 bits per heavy atom. The van der Waals surface area contributed by atoms with Gasteiger partial charge in [0, 0.05) is 25.7 Å². The average Bonchev–Trinajstić information content (AvgIpc) is 2.08. The van der Waals surface area contributed by atoms with E-state index in [1.807, 2.05) is 0 Å². The number of esters is 4. The SMILES string of the molecule is CCCCCCCCCCCCCCCCCCCC(=O)O[C@H](COC(=O)CCCCCCCCCCCCCCCC)COP(=O)(O)OC[C@@H](O)COP(=O)(O)OC[C@@H](COC(=O)CCCCCCCCCCC)OC(=O)CCCCCCCCCCC(C)CC. The quantitative estimate of drug-likeness (QED) is 0.0222. The zero-order chi connectivity index (χ0) is 67.7. The van der Waals surface area contributed by atoms with Crippen LogP contribution in [0.2, 0.25) is 0 Å². The third-order valence-corrected chi connectivity index (χ3v) is 19.3. The number of aliphatic hydroxyl groups excluding tert-OH is 1. The van der Waals surface area contributed by atoms with E-state index in [9.17, 15) is 43.2 Å². The van der Waals surface area contributed by atoms with Crippen LogP contribution in [0.25, 0.3) is 0 Å². The van der Waals surface area contributed by atoms with Gasteiger partial charge < -0.3 is 33.8 Å². The molecular formula is C73H142O17P2. The molecule has 546 valence electrons. The number of phosphoric ester groups is 2. The van der Waals surface area contributed by atoms with E-state index in [4.69, 9.17) is 37.0 Å². The summed E-state index contributed by atoms with van der Waals surface area (Å²) in [5, 5.41) is 10.6. The normalized spacial score (nSPS) is 14.3. The van der Waals surface area contributed by atoms with Gasteiger partial charge in [0.25, 0.3) is 0 Å². The molecule has 0 saturated carbocycles. The largest absolute Gasteiger partial charge is 0.472 e. The van der Waals surface area contributed by atoms with Crippen LogP contribution in [0.4, 0.5) is 0 Å². The van der Waals surface area contributed by atoms with E-state index < -0.39 is 97.5 Å². The molecule has 17 nitrogen and oxygen atoms in total. The molecular weight excluding hydrogens is 1210 g/mol. The summed E-state index contributed by atoms with van der Waals surface area (Å²) in [4.78, 5) is 72.6. The van der Waals surface area contributed by atoms with Gasteiger partial charge in [0.05, 0.1) is 26.4 Å². The first-order valence-electron chi connectivity index (χ1n) is 38.2. The molecule has 0 radical (unpaired) electrons. The van der Waals surface area contributed by atoms with Gasteiger partial charge in [-0.15, -0.1) is 0 Å². The van der Waals surface area contributed by atoms with Gasteiger partial charge in [0.1, 0.15) is 19.3 Å².